The molecule has 48 heavy (non-hydrogen) atoms. The van der Waals surface area contributed by atoms with E-state index in [0.29, 0.717) is 24.3 Å². The number of piperidine rings is 1. The highest BCUT2D eigenvalue weighted by Gasteiger charge is 2.43. The van der Waals surface area contributed by atoms with Gasteiger partial charge in [0.15, 0.2) is 19.8 Å². The Hall–Kier alpha value is -2.19. The minimum atomic E-state index is -2.20. The molecule has 0 radical (unpaired) electrons. The van der Waals surface area contributed by atoms with Crippen molar-refractivity contribution >= 4 is 43.3 Å². The average molecular weight is 711 g/mol. The van der Waals surface area contributed by atoms with E-state index in [0.717, 1.165) is 43.9 Å². The number of aromatic nitrogens is 1. The zero-order valence-corrected chi connectivity index (χ0v) is 32.9. The molecule has 1 aromatic rings. The van der Waals surface area contributed by atoms with E-state index in [4.69, 9.17) is 14.0 Å². The van der Waals surface area contributed by atoms with Crippen molar-refractivity contribution in [1.82, 2.24) is 20.7 Å². The van der Waals surface area contributed by atoms with Gasteiger partial charge in [0.05, 0.1) is 25.3 Å². The zero-order valence-electron chi connectivity index (χ0n) is 31.1. The van der Waals surface area contributed by atoms with E-state index in [-0.39, 0.29) is 47.6 Å². The van der Waals surface area contributed by atoms with E-state index in [1.807, 2.05) is 41.7 Å². The van der Waals surface area contributed by atoms with Crippen LogP contribution < -0.4 is 10.8 Å². The number of nitrogens with one attached hydrogen (secondary N) is 2. The number of rotatable bonds is 21. The third-order valence-corrected chi connectivity index (χ3v) is 15.8. The second kappa shape index (κ2) is 20.5. The number of methoxy groups -OCH3 is 1. The second-order valence-electron chi connectivity index (χ2n) is 13.6. The summed E-state index contributed by atoms with van der Waals surface area (Å²) in [4.78, 5) is 65.7. The number of hydrogen-bond acceptors (Lipinski definition) is 11. The van der Waals surface area contributed by atoms with Crippen LogP contribution in [0, 0.1) is 17.8 Å². The van der Waals surface area contributed by atoms with Crippen LogP contribution in [0.1, 0.15) is 122 Å². The molecule has 1 saturated heterocycles. The number of hydroxylamine groups is 1. The van der Waals surface area contributed by atoms with Crippen molar-refractivity contribution in [3.63, 3.8) is 0 Å². The van der Waals surface area contributed by atoms with E-state index in [1.54, 1.807) is 5.38 Å². The molecule has 1 aliphatic rings. The maximum atomic E-state index is 14.8. The lowest BCUT2D eigenvalue weighted by Crippen LogP contribution is -2.59. The Morgan fingerprint density at radius 2 is 1.71 bits per heavy atom. The summed E-state index contributed by atoms with van der Waals surface area (Å²) in [6.45, 7) is 17.2. The summed E-state index contributed by atoms with van der Waals surface area (Å²) in [5.41, 5.74) is 3.12. The fraction of sp³-hybridized carbons (Fsp3) is 0.800. The molecular weight excluding hydrogens is 649 g/mol. The van der Waals surface area contributed by atoms with Gasteiger partial charge in [-0.15, -0.1) is 16.8 Å². The number of carbonyl (C=O) groups excluding carboxylic acids is 4. The summed E-state index contributed by atoms with van der Waals surface area (Å²) in [5.74, 6) is -1.93. The monoisotopic (exact) mass is 710 g/mol. The smallest absolute Gasteiger partial charge is 0.357 e. The first-order valence-corrected chi connectivity index (χ1v) is 21.4. The van der Waals surface area contributed by atoms with Crippen LogP contribution in [0.5, 0.6) is 0 Å². The largest absolute Gasteiger partial charge is 0.464 e. The molecule has 1 aromatic heterocycles. The van der Waals surface area contributed by atoms with Crippen LogP contribution >= 0.6 is 11.3 Å². The van der Waals surface area contributed by atoms with Crippen molar-refractivity contribution in [3.05, 3.63) is 16.1 Å². The molecule has 0 aromatic carbocycles. The number of ether oxygens (including phenoxy) is 1. The summed E-state index contributed by atoms with van der Waals surface area (Å²) in [7, 11) is 1.08. The topological polar surface area (TPSA) is 136 Å². The van der Waals surface area contributed by atoms with Gasteiger partial charge in [-0.25, -0.2) is 9.78 Å². The van der Waals surface area contributed by atoms with Gasteiger partial charge in [-0.1, -0.05) is 68.2 Å². The number of thiazole rings is 1. The fourth-order valence-corrected chi connectivity index (χ4v) is 10.2. The Morgan fingerprint density at radius 3 is 2.25 bits per heavy atom. The van der Waals surface area contributed by atoms with Gasteiger partial charge in [-0.3, -0.25) is 19.3 Å². The lowest BCUT2D eigenvalue weighted by Gasteiger charge is -2.38. The van der Waals surface area contributed by atoms with Gasteiger partial charge in [0.25, 0.3) is 0 Å². The molecule has 2 heterocycles. The highest BCUT2D eigenvalue weighted by molar-refractivity contribution is 7.09. The van der Waals surface area contributed by atoms with Crippen molar-refractivity contribution in [2.24, 2.45) is 17.8 Å². The number of likely N-dealkylation sites (tertiary alicyclic amines) is 1. The Labute approximate surface area is 293 Å². The number of esters is 1. The van der Waals surface area contributed by atoms with E-state index in [1.165, 1.54) is 18.4 Å². The number of carbonyl (C=O) groups is 4. The van der Waals surface area contributed by atoms with Crippen LogP contribution in [-0.4, -0.2) is 80.7 Å². The highest BCUT2D eigenvalue weighted by Crippen LogP contribution is 2.38. The maximum Gasteiger partial charge on any atom is 0.357 e. The van der Waals surface area contributed by atoms with Crippen molar-refractivity contribution in [2.75, 3.05) is 20.7 Å². The van der Waals surface area contributed by atoms with Gasteiger partial charge in [0.2, 0.25) is 5.91 Å². The van der Waals surface area contributed by atoms with Gasteiger partial charge in [0.1, 0.15) is 11.0 Å². The number of hydrogen-bond donors (Lipinski definition) is 2. The molecule has 274 valence electrons. The lowest BCUT2D eigenvalue weighted by molar-refractivity contribution is -0.157. The Bertz CT molecular complexity index is 1170. The van der Waals surface area contributed by atoms with Crippen LogP contribution in [0.2, 0.25) is 18.1 Å². The summed E-state index contributed by atoms with van der Waals surface area (Å²) >= 11 is 1.34. The number of likely N-dealkylation sites (N-methyl/N-ethyl adjacent to an activating group) is 1. The van der Waals surface area contributed by atoms with Crippen molar-refractivity contribution in [1.29, 1.82) is 0 Å². The molecule has 2 N–H and O–H groups in total. The minimum absolute atomic E-state index is 0.0545. The minimum Gasteiger partial charge on any atom is -0.464 e. The molecule has 0 spiro atoms. The predicted molar refractivity (Wildman–Crippen MR) is 192 cm³/mol. The van der Waals surface area contributed by atoms with Crippen LogP contribution in [0.15, 0.2) is 5.38 Å². The molecule has 2 rings (SSSR count). The number of ketones is 1. The van der Waals surface area contributed by atoms with Crippen molar-refractivity contribution in [3.8, 4) is 0 Å². The molecule has 1 unspecified atom stereocenters. The predicted octanol–water partition coefficient (Wildman–Crippen LogP) is 6.46. The summed E-state index contributed by atoms with van der Waals surface area (Å²) in [6.07, 6.45) is 4.13. The first-order valence-electron chi connectivity index (χ1n) is 18.0. The summed E-state index contributed by atoms with van der Waals surface area (Å²) < 4.78 is 12.0. The van der Waals surface area contributed by atoms with Gasteiger partial charge in [0, 0.05) is 11.8 Å². The van der Waals surface area contributed by atoms with E-state index >= 15 is 0 Å². The van der Waals surface area contributed by atoms with Crippen molar-refractivity contribution in [2.45, 2.75) is 143 Å². The molecular formula is C35H62N4O7SSi. The lowest BCUT2D eigenvalue weighted by atomic mass is 9.78. The quantitative estimate of drug-likeness (QED) is 0.0832. The Kier molecular flexibility index (Phi) is 17.9. The van der Waals surface area contributed by atoms with Crippen molar-refractivity contribution < 1.29 is 33.2 Å². The highest BCUT2D eigenvalue weighted by atomic mass is 32.1. The second-order valence-corrected chi connectivity index (χ2v) is 19.3. The molecule has 0 saturated carbocycles. The van der Waals surface area contributed by atoms with Gasteiger partial charge in [-0.05, 0) is 75.2 Å². The normalized spacial score (nSPS) is 18.9. The molecule has 1 amide bonds. The third kappa shape index (κ3) is 11.4. The Balaban J connectivity index is 2.60. The molecule has 1 aliphatic heterocycles. The molecule has 11 nitrogen and oxygen atoms in total. The molecule has 13 heteroatoms. The number of amides is 1. The van der Waals surface area contributed by atoms with Crippen LogP contribution in [-0.2, 0) is 28.4 Å². The van der Waals surface area contributed by atoms with Crippen LogP contribution in [0.25, 0.3) is 0 Å². The average Bonchev–Trinajstić information content (AvgIpc) is 3.58. The van der Waals surface area contributed by atoms with Gasteiger partial charge >= 0.3 is 11.9 Å². The Morgan fingerprint density at radius 1 is 1.04 bits per heavy atom. The first-order chi connectivity index (χ1) is 22.8. The summed E-state index contributed by atoms with van der Waals surface area (Å²) in [6, 6.07) is 0.708. The number of nitrogens with zero attached hydrogens (tertiary/aromatic N) is 2. The zero-order chi connectivity index (χ0) is 36.0. The van der Waals surface area contributed by atoms with E-state index in [2.05, 4.69) is 41.5 Å². The van der Waals surface area contributed by atoms with Gasteiger partial charge < -0.3 is 19.3 Å². The van der Waals surface area contributed by atoms with Crippen LogP contribution in [0.4, 0.5) is 0 Å². The molecule has 6 atom stereocenters. The third-order valence-electron chi connectivity index (χ3n) is 10.2. The summed E-state index contributed by atoms with van der Waals surface area (Å²) in [5, 5.41) is 5.46. The molecule has 0 bridgehead atoms. The SMILES string of the molecule is CCCC(=O)ONC(C(=O)[C@@H](NC(=O)[C@H]1CCCCN1C)[C@@H](C)CC)[C@H](C[C@@H](O[Si](CC)(CC)CC)c1nc(C(=O)OC)cs1)C(C)C. The molecule has 0 aliphatic carbocycles. The first kappa shape index (κ1) is 42.0. The van der Waals surface area contributed by atoms with Crippen LogP contribution in [0.3, 0.4) is 0 Å². The molecule has 1 fully saturated rings. The fourth-order valence-electron chi connectivity index (χ4n) is 6.49. The van der Waals surface area contributed by atoms with Gasteiger partial charge in [-0.2, -0.15) is 0 Å². The van der Waals surface area contributed by atoms with E-state index < -0.39 is 38.4 Å². The standard InChI is InChI=1S/C35H62N4O7SSi/c1-11-18-29(40)45-38-31(32(41)30(24(8)12-2)37-33(42)27-19-16-17-20-39(27)9)25(23(6)7)21-28(46-48(13-3,14-4)15-5)34-36-26(22-47-34)35(43)44-10/h22-25,27-28,30-31,38H,11-21H2,1-10H3,(H,37,42)/t24-,25+,27+,28+,30-,31?/m0/s1. The number of Topliss-reactive ketones (excluding diaryl/α,β-unsaturated/α-hetero) is 1. The van der Waals surface area contributed by atoms with E-state index in [9.17, 15) is 19.2 Å². The maximum absolute atomic E-state index is 14.8.